The number of hydrogen-bond donors (Lipinski definition) is 3. The maximum atomic E-state index is 11.4. The summed E-state index contributed by atoms with van der Waals surface area (Å²) in [5.74, 6) is 5.67. The predicted octanol–water partition coefficient (Wildman–Crippen LogP) is 0.112. The number of nitrogens with two attached hydrogens (primary N) is 1. The molecule has 1 aromatic carbocycles. The summed E-state index contributed by atoms with van der Waals surface area (Å²) in [5, 5.41) is 0. The molecule has 1 unspecified atom stereocenters. The number of rotatable bonds is 4. The first-order valence-electron chi connectivity index (χ1n) is 5.48. The standard InChI is InChI=1S/C12H17N3O2S/c1-10(15-18(16,17)14-2)12-7-3-5-11(9-12)6-4-8-13/h3,5,7,9-10,14-15H,8,13H2,1-2H3. The summed E-state index contributed by atoms with van der Waals surface area (Å²) in [6.45, 7) is 2.07. The van der Waals surface area contributed by atoms with E-state index < -0.39 is 10.2 Å². The van der Waals surface area contributed by atoms with Crippen molar-refractivity contribution in [2.24, 2.45) is 5.73 Å². The summed E-state index contributed by atoms with van der Waals surface area (Å²) in [7, 11) is -2.09. The maximum Gasteiger partial charge on any atom is 0.277 e. The van der Waals surface area contributed by atoms with Crippen molar-refractivity contribution in [1.82, 2.24) is 9.44 Å². The van der Waals surface area contributed by atoms with Crippen molar-refractivity contribution in [2.75, 3.05) is 13.6 Å². The smallest absolute Gasteiger partial charge is 0.277 e. The van der Waals surface area contributed by atoms with Crippen LogP contribution in [0.2, 0.25) is 0 Å². The second kappa shape index (κ2) is 6.52. The Morgan fingerprint density at radius 1 is 1.44 bits per heavy atom. The van der Waals surface area contributed by atoms with Crippen molar-refractivity contribution in [3.8, 4) is 11.8 Å². The molecule has 6 heteroatoms. The van der Waals surface area contributed by atoms with Gasteiger partial charge < -0.3 is 5.73 Å². The van der Waals surface area contributed by atoms with Crippen LogP contribution in [0.15, 0.2) is 24.3 Å². The third kappa shape index (κ3) is 4.47. The predicted molar refractivity (Wildman–Crippen MR) is 71.9 cm³/mol. The zero-order chi connectivity index (χ0) is 13.6. The van der Waals surface area contributed by atoms with Crippen LogP contribution in [-0.2, 0) is 10.2 Å². The van der Waals surface area contributed by atoms with E-state index in [-0.39, 0.29) is 6.04 Å². The minimum Gasteiger partial charge on any atom is -0.320 e. The van der Waals surface area contributed by atoms with Crippen molar-refractivity contribution in [3.05, 3.63) is 35.4 Å². The molecular weight excluding hydrogens is 250 g/mol. The molecule has 0 aliphatic rings. The lowest BCUT2D eigenvalue weighted by Crippen LogP contribution is -2.35. The molecule has 18 heavy (non-hydrogen) atoms. The van der Waals surface area contributed by atoms with E-state index in [0.717, 1.165) is 11.1 Å². The van der Waals surface area contributed by atoms with Gasteiger partial charge in [0.25, 0.3) is 10.2 Å². The minimum absolute atomic E-state index is 0.298. The summed E-state index contributed by atoms with van der Waals surface area (Å²) in [5.41, 5.74) is 6.96. The molecule has 0 saturated heterocycles. The molecule has 0 bridgehead atoms. The highest BCUT2D eigenvalue weighted by molar-refractivity contribution is 7.87. The number of hydrogen-bond acceptors (Lipinski definition) is 3. The van der Waals surface area contributed by atoms with E-state index in [1.165, 1.54) is 7.05 Å². The Kier molecular flexibility index (Phi) is 5.31. The molecule has 0 fully saturated rings. The molecule has 0 aliphatic heterocycles. The van der Waals surface area contributed by atoms with Crippen molar-refractivity contribution >= 4 is 10.2 Å². The van der Waals surface area contributed by atoms with Gasteiger partial charge in [0.1, 0.15) is 0 Å². The van der Waals surface area contributed by atoms with Crippen LogP contribution in [0.5, 0.6) is 0 Å². The average molecular weight is 267 g/mol. The minimum atomic E-state index is -3.45. The quantitative estimate of drug-likeness (QED) is 0.677. The Balaban J connectivity index is 2.90. The second-order valence-corrected chi connectivity index (χ2v) is 5.33. The second-order valence-electron chi connectivity index (χ2n) is 3.68. The SMILES string of the molecule is CNS(=O)(=O)NC(C)c1cccc(C#CCN)c1. The monoisotopic (exact) mass is 267 g/mol. The van der Waals surface area contributed by atoms with Crippen molar-refractivity contribution in [2.45, 2.75) is 13.0 Å². The molecule has 98 valence electrons. The Hall–Kier alpha value is -1.39. The van der Waals surface area contributed by atoms with E-state index in [1.54, 1.807) is 6.92 Å². The maximum absolute atomic E-state index is 11.4. The van der Waals surface area contributed by atoms with Crippen molar-refractivity contribution in [3.63, 3.8) is 0 Å². The lowest BCUT2D eigenvalue weighted by atomic mass is 10.1. The first-order chi connectivity index (χ1) is 8.48. The van der Waals surface area contributed by atoms with Gasteiger partial charge in [-0.1, -0.05) is 24.0 Å². The van der Waals surface area contributed by atoms with Gasteiger partial charge >= 0.3 is 0 Å². The van der Waals surface area contributed by atoms with Crippen LogP contribution in [0, 0.1) is 11.8 Å². The lowest BCUT2D eigenvalue weighted by molar-refractivity contribution is 0.558. The largest absolute Gasteiger partial charge is 0.320 e. The van der Waals surface area contributed by atoms with E-state index in [9.17, 15) is 8.42 Å². The molecule has 1 atom stereocenters. The van der Waals surface area contributed by atoms with Crippen LogP contribution in [0.25, 0.3) is 0 Å². The lowest BCUT2D eigenvalue weighted by Gasteiger charge is -2.14. The van der Waals surface area contributed by atoms with E-state index in [0.29, 0.717) is 6.54 Å². The molecule has 0 amide bonds. The summed E-state index contributed by atoms with van der Waals surface area (Å²) < 4.78 is 27.4. The van der Waals surface area contributed by atoms with Crippen LogP contribution < -0.4 is 15.2 Å². The van der Waals surface area contributed by atoms with Gasteiger partial charge in [-0.15, -0.1) is 0 Å². The summed E-state index contributed by atoms with van der Waals surface area (Å²) >= 11 is 0. The molecule has 0 radical (unpaired) electrons. The van der Waals surface area contributed by atoms with Crippen LogP contribution in [0.1, 0.15) is 24.1 Å². The molecule has 5 nitrogen and oxygen atoms in total. The van der Waals surface area contributed by atoms with Gasteiger partial charge in [-0.25, -0.2) is 4.72 Å². The fourth-order valence-electron chi connectivity index (χ4n) is 1.40. The number of nitrogens with one attached hydrogen (secondary N) is 2. The Bertz CT molecular complexity index is 558. The molecule has 0 spiro atoms. The van der Waals surface area contributed by atoms with Crippen LogP contribution in [0.3, 0.4) is 0 Å². The zero-order valence-corrected chi connectivity index (χ0v) is 11.2. The summed E-state index contributed by atoms with van der Waals surface area (Å²) in [6.07, 6.45) is 0. The highest BCUT2D eigenvalue weighted by Gasteiger charge is 2.13. The Labute approximate surface area is 108 Å². The van der Waals surface area contributed by atoms with E-state index in [4.69, 9.17) is 5.73 Å². The van der Waals surface area contributed by atoms with Gasteiger partial charge in [-0.3, -0.25) is 0 Å². The van der Waals surface area contributed by atoms with Gasteiger partial charge in [-0.2, -0.15) is 13.1 Å². The first-order valence-corrected chi connectivity index (χ1v) is 6.96. The topological polar surface area (TPSA) is 84.2 Å². The first kappa shape index (κ1) is 14.7. The van der Waals surface area contributed by atoms with E-state index in [2.05, 4.69) is 21.3 Å². The van der Waals surface area contributed by atoms with E-state index >= 15 is 0 Å². The third-order valence-corrected chi connectivity index (χ3v) is 3.52. The molecule has 0 aliphatic carbocycles. The summed E-state index contributed by atoms with van der Waals surface area (Å²) in [6, 6.07) is 7.04. The fraction of sp³-hybridized carbons (Fsp3) is 0.333. The highest BCUT2D eigenvalue weighted by Crippen LogP contribution is 2.14. The van der Waals surface area contributed by atoms with Gasteiger partial charge in [0.05, 0.1) is 6.54 Å². The van der Waals surface area contributed by atoms with Gasteiger partial charge in [0.2, 0.25) is 0 Å². The van der Waals surface area contributed by atoms with Gasteiger partial charge in [-0.05, 0) is 24.6 Å². The fourth-order valence-corrected chi connectivity index (χ4v) is 2.12. The van der Waals surface area contributed by atoms with Gasteiger partial charge in [0, 0.05) is 18.7 Å². The van der Waals surface area contributed by atoms with Gasteiger partial charge in [0.15, 0.2) is 0 Å². The van der Waals surface area contributed by atoms with Crippen LogP contribution >= 0.6 is 0 Å². The third-order valence-electron chi connectivity index (χ3n) is 2.32. The van der Waals surface area contributed by atoms with E-state index in [1.807, 2.05) is 24.3 Å². The molecule has 0 heterocycles. The Morgan fingerprint density at radius 3 is 2.78 bits per heavy atom. The summed E-state index contributed by atoms with van der Waals surface area (Å²) in [4.78, 5) is 0. The van der Waals surface area contributed by atoms with Crippen molar-refractivity contribution in [1.29, 1.82) is 0 Å². The molecular formula is C12H17N3O2S. The molecule has 0 aromatic heterocycles. The highest BCUT2D eigenvalue weighted by atomic mass is 32.2. The molecule has 4 N–H and O–H groups in total. The molecule has 1 aromatic rings. The molecule has 1 rings (SSSR count). The van der Waals surface area contributed by atoms with Crippen molar-refractivity contribution < 1.29 is 8.42 Å². The Morgan fingerprint density at radius 2 is 2.17 bits per heavy atom. The number of benzene rings is 1. The average Bonchev–Trinajstić information content (AvgIpc) is 2.36. The van der Waals surface area contributed by atoms with Crippen LogP contribution in [-0.4, -0.2) is 22.0 Å². The zero-order valence-electron chi connectivity index (χ0n) is 10.4. The normalized spacial score (nSPS) is 12.6. The molecule has 0 saturated carbocycles. The van der Waals surface area contributed by atoms with Crippen LogP contribution in [0.4, 0.5) is 0 Å².